The molecule has 2 aromatic rings. The molecular weight excluding hydrogens is 374 g/mol. The van der Waals surface area contributed by atoms with Crippen LogP contribution >= 0.6 is 0 Å². The van der Waals surface area contributed by atoms with Crippen molar-refractivity contribution in [1.82, 2.24) is 10.6 Å². The van der Waals surface area contributed by atoms with Crippen LogP contribution in [-0.2, 0) is 15.3 Å². The maximum Gasteiger partial charge on any atom is 0.223 e. The highest BCUT2D eigenvalue weighted by atomic mass is 16.5. The Balaban J connectivity index is 1.39. The molecule has 1 fully saturated rings. The van der Waals surface area contributed by atoms with Gasteiger partial charge in [-0.25, -0.2) is 0 Å². The average Bonchev–Trinajstić information content (AvgIpc) is 3.26. The summed E-state index contributed by atoms with van der Waals surface area (Å²) in [5.74, 6) is 1.65. The molecule has 2 aliphatic rings. The van der Waals surface area contributed by atoms with Crippen molar-refractivity contribution in [1.29, 1.82) is 0 Å². The Kier molecular flexibility index (Phi) is 6.38. The molecule has 5 nitrogen and oxygen atoms in total. The number of amides is 1. The maximum absolute atomic E-state index is 12.7. The molecule has 5 heteroatoms. The first kappa shape index (κ1) is 20.5. The van der Waals surface area contributed by atoms with Gasteiger partial charge in [0.15, 0.2) is 0 Å². The van der Waals surface area contributed by atoms with E-state index in [1.807, 2.05) is 54.7 Å². The van der Waals surface area contributed by atoms with Crippen molar-refractivity contribution in [3.63, 3.8) is 0 Å². The highest BCUT2D eigenvalue weighted by molar-refractivity contribution is 5.78. The fourth-order valence-corrected chi connectivity index (χ4v) is 4.46. The highest BCUT2D eigenvalue weighted by Gasteiger charge is 2.38. The second kappa shape index (κ2) is 9.35. The Hall–Kier alpha value is -2.79. The van der Waals surface area contributed by atoms with Crippen molar-refractivity contribution in [2.24, 2.45) is 17.6 Å². The summed E-state index contributed by atoms with van der Waals surface area (Å²) in [6.45, 7) is 1.28. The Morgan fingerprint density at radius 1 is 1.03 bits per heavy atom. The molecule has 4 N–H and O–H groups in total. The molecule has 158 valence electrons. The van der Waals surface area contributed by atoms with Crippen LogP contribution in [-0.4, -0.2) is 19.0 Å². The van der Waals surface area contributed by atoms with Crippen molar-refractivity contribution in [2.75, 3.05) is 13.1 Å². The minimum Gasteiger partial charge on any atom is -0.462 e. The molecular formula is C25H31N3O2. The van der Waals surface area contributed by atoms with Crippen molar-refractivity contribution < 1.29 is 9.53 Å². The lowest BCUT2D eigenvalue weighted by atomic mass is 9.81. The number of rotatable bonds is 7. The lowest BCUT2D eigenvalue weighted by molar-refractivity contribution is -0.126. The van der Waals surface area contributed by atoms with Crippen molar-refractivity contribution in [3.05, 3.63) is 78.0 Å². The van der Waals surface area contributed by atoms with Crippen molar-refractivity contribution >= 4 is 11.7 Å². The van der Waals surface area contributed by atoms with Crippen LogP contribution < -0.4 is 16.4 Å². The van der Waals surface area contributed by atoms with Crippen molar-refractivity contribution in [2.45, 2.75) is 37.8 Å². The monoisotopic (exact) mass is 405 g/mol. The van der Waals surface area contributed by atoms with Gasteiger partial charge < -0.3 is 21.1 Å². The molecule has 0 unspecified atom stereocenters. The minimum atomic E-state index is -0.684. The number of nitrogens with one attached hydrogen (secondary N) is 2. The molecule has 1 aliphatic carbocycles. The number of nitrogens with two attached hydrogens (primary N) is 1. The van der Waals surface area contributed by atoms with E-state index in [2.05, 4.69) is 22.8 Å². The third-order valence-electron chi connectivity index (χ3n) is 6.35. The Morgan fingerprint density at radius 3 is 2.37 bits per heavy atom. The molecule has 0 bridgehead atoms. The quantitative estimate of drug-likeness (QED) is 0.656. The van der Waals surface area contributed by atoms with Gasteiger partial charge in [-0.1, -0.05) is 60.7 Å². The molecule has 1 amide bonds. The molecule has 1 heterocycles. The Labute approximate surface area is 178 Å². The SMILES string of the molecule is NCC1CCC(C(=O)NCC[C@]2(c3ccccc3)NC=C(c3ccccc3)O2)CC1. The second-order valence-corrected chi connectivity index (χ2v) is 8.31. The third-order valence-corrected chi connectivity index (χ3v) is 6.35. The molecule has 1 saturated carbocycles. The predicted molar refractivity (Wildman–Crippen MR) is 119 cm³/mol. The zero-order chi connectivity index (χ0) is 20.8. The third kappa shape index (κ3) is 4.51. The smallest absolute Gasteiger partial charge is 0.223 e. The van der Waals surface area contributed by atoms with Gasteiger partial charge in [-0.05, 0) is 38.1 Å². The summed E-state index contributed by atoms with van der Waals surface area (Å²) in [5.41, 5.74) is 7.17. The number of benzene rings is 2. The number of carbonyl (C=O) groups is 1. The predicted octanol–water partition coefficient (Wildman–Crippen LogP) is 3.73. The molecule has 2 aromatic carbocycles. The van der Waals surface area contributed by atoms with Gasteiger partial charge in [-0.2, -0.15) is 0 Å². The maximum atomic E-state index is 12.7. The number of hydrogen-bond donors (Lipinski definition) is 3. The van der Waals surface area contributed by atoms with Gasteiger partial charge in [0.25, 0.3) is 0 Å². The van der Waals surface area contributed by atoms with Gasteiger partial charge in [0, 0.05) is 36.2 Å². The van der Waals surface area contributed by atoms with Gasteiger partial charge in [0.05, 0.1) is 0 Å². The van der Waals surface area contributed by atoms with Crippen LogP contribution in [0, 0.1) is 11.8 Å². The fourth-order valence-electron chi connectivity index (χ4n) is 4.46. The largest absolute Gasteiger partial charge is 0.462 e. The van der Waals surface area contributed by atoms with Crippen molar-refractivity contribution in [3.8, 4) is 0 Å². The van der Waals surface area contributed by atoms with Crippen LogP contribution in [0.2, 0.25) is 0 Å². The molecule has 0 aromatic heterocycles. The van der Waals surface area contributed by atoms with E-state index in [4.69, 9.17) is 10.5 Å². The molecule has 1 atom stereocenters. The molecule has 4 rings (SSSR count). The first-order chi connectivity index (χ1) is 14.7. The summed E-state index contributed by atoms with van der Waals surface area (Å²) < 4.78 is 6.46. The lowest BCUT2D eigenvalue weighted by Gasteiger charge is -2.32. The molecule has 0 spiro atoms. The van der Waals surface area contributed by atoms with Gasteiger partial charge in [0.2, 0.25) is 11.6 Å². The minimum absolute atomic E-state index is 0.107. The van der Waals surface area contributed by atoms with E-state index in [1.54, 1.807) is 0 Å². The molecule has 30 heavy (non-hydrogen) atoms. The summed E-state index contributed by atoms with van der Waals surface area (Å²) >= 11 is 0. The van der Waals surface area contributed by atoms with Crippen LogP contribution in [0.3, 0.4) is 0 Å². The van der Waals surface area contributed by atoms with E-state index in [9.17, 15) is 4.79 Å². The highest BCUT2D eigenvalue weighted by Crippen LogP contribution is 2.37. The average molecular weight is 406 g/mol. The van der Waals surface area contributed by atoms with E-state index in [1.165, 1.54) is 0 Å². The van der Waals surface area contributed by atoms with Gasteiger partial charge in [-0.15, -0.1) is 0 Å². The molecule has 1 aliphatic heterocycles. The van der Waals surface area contributed by atoms with E-state index in [0.29, 0.717) is 18.9 Å². The van der Waals surface area contributed by atoms with E-state index < -0.39 is 5.72 Å². The molecule has 0 saturated heterocycles. The normalized spacial score (nSPS) is 25.7. The Bertz CT molecular complexity index is 860. The lowest BCUT2D eigenvalue weighted by Crippen LogP contribution is -2.42. The van der Waals surface area contributed by atoms with E-state index in [-0.39, 0.29) is 11.8 Å². The number of ether oxygens (including phenoxy) is 1. The van der Waals surface area contributed by atoms with E-state index >= 15 is 0 Å². The van der Waals surface area contributed by atoms with Crippen LogP contribution in [0.25, 0.3) is 5.76 Å². The summed E-state index contributed by atoms with van der Waals surface area (Å²) in [6.07, 6.45) is 6.54. The standard InChI is InChI=1S/C25H31N3O2/c26-17-19-11-13-21(14-12-19)24(29)27-16-15-25(22-9-5-2-6-10-22)28-18-23(30-25)20-7-3-1-4-8-20/h1-10,18-19,21,28H,11-17,26H2,(H,27,29)/t19?,21?,25-/m0/s1. The van der Waals surface area contributed by atoms with Gasteiger partial charge >= 0.3 is 0 Å². The zero-order valence-corrected chi connectivity index (χ0v) is 17.3. The first-order valence-corrected chi connectivity index (χ1v) is 11.0. The van der Waals surface area contributed by atoms with Crippen LogP contribution in [0.1, 0.15) is 43.2 Å². The first-order valence-electron chi connectivity index (χ1n) is 11.0. The summed E-state index contributed by atoms with van der Waals surface area (Å²) in [5, 5.41) is 6.60. The number of carbonyl (C=O) groups excluding carboxylic acids is 1. The van der Waals surface area contributed by atoms with Gasteiger partial charge in [-0.3, -0.25) is 4.79 Å². The zero-order valence-electron chi connectivity index (χ0n) is 17.3. The van der Waals surface area contributed by atoms with Crippen LogP contribution in [0.4, 0.5) is 0 Å². The van der Waals surface area contributed by atoms with Crippen LogP contribution in [0.5, 0.6) is 0 Å². The van der Waals surface area contributed by atoms with Crippen LogP contribution in [0.15, 0.2) is 66.9 Å². The summed E-state index contributed by atoms with van der Waals surface area (Å²) in [4.78, 5) is 12.7. The summed E-state index contributed by atoms with van der Waals surface area (Å²) in [7, 11) is 0. The summed E-state index contributed by atoms with van der Waals surface area (Å²) in [6, 6.07) is 20.2. The topological polar surface area (TPSA) is 76.4 Å². The van der Waals surface area contributed by atoms with Gasteiger partial charge in [0.1, 0.15) is 5.76 Å². The second-order valence-electron chi connectivity index (χ2n) is 8.31. The number of hydrogen-bond acceptors (Lipinski definition) is 4. The fraction of sp³-hybridized carbons (Fsp3) is 0.400. The Morgan fingerprint density at radius 2 is 1.70 bits per heavy atom. The van der Waals surface area contributed by atoms with E-state index in [0.717, 1.165) is 49.1 Å². The molecule has 0 radical (unpaired) electrons.